The number of anilines is 1. The van der Waals surface area contributed by atoms with E-state index in [1.54, 1.807) is 24.3 Å². The van der Waals surface area contributed by atoms with Crippen LogP contribution in [-0.2, 0) is 10.0 Å². The quantitative estimate of drug-likeness (QED) is 0.803. The Balaban J connectivity index is 2.07. The molecule has 106 valence electrons. The lowest BCUT2D eigenvalue weighted by Crippen LogP contribution is -2.13. The lowest BCUT2D eigenvalue weighted by atomic mass is 10.1. The van der Waals surface area contributed by atoms with Gasteiger partial charge in [-0.25, -0.2) is 18.1 Å². The number of rotatable bonds is 4. The van der Waals surface area contributed by atoms with Crippen LogP contribution in [0.25, 0.3) is 11.1 Å². The molecule has 0 saturated heterocycles. The summed E-state index contributed by atoms with van der Waals surface area (Å²) in [7, 11) is -3.75. The molecular formula is C15H12N2O3S. The van der Waals surface area contributed by atoms with Crippen LogP contribution < -0.4 is 4.72 Å². The Morgan fingerprint density at radius 2 is 1.67 bits per heavy atom. The van der Waals surface area contributed by atoms with Gasteiger partial charge in [-0.1, -0.05) is 48.5 Å². The maximum atomic E-state index is 12.5. The highest BCUT2D eigenvalue weighted by Gasteiger charge is 2.20. The molecule has 0 radical (unpaired) electrons. The molecule has 0 atom stereocenters. The van der Waals surface area contributed by atoms with Crippen LogP contribution in [0.3, 0.4) is 0 Å². The molecule has 0 unspecified atom stereocenters. The van der Waals surface area contributed by atoms with Crippen molar-refractivity contribution >= 4 is 15.9 Å². The van der Waals surface area contributed by atoms with Crippen LogP contribution in [0.1, 0.15) is 0 Å². The van der Waals surface area contributed by atoms with Gasteiger partial charge in [0.25, 0.3) is 10.0 Å². The third-order valence-electron chi connectivity index (χ3n) is 2.93. The minimum atomic E-state index is -3.75. The molecule has 2 aromatic carbocycles. The minimum absolute atomic E-state index is 0.0814. The number of nitrogens with zero attached hydrogens (tertiary/aromatic N) is 1. The molecular weight excluding hydrogens is 288 g/mol. The molecule has 0 saturated carbocycles. The third-order valence-corrected chi connectivity index (χ3v) is 4.33. The zero-order valence-corrected chi connectivity index (χ0v) is 11.7. The Morgan fingerprint density at radius 1 is 0.952 bits per heavy atom. The SMILES string of the molecule is O=S(=O)(Nc1cnco1)c1ccccc1-c1ccccc1. The second-order valence-corrected chi connectivity index (χ2v) is 5.98. The molecule has 21 heavy (non-hydrogen) atoms. The molecule has 0 spiro atoms. The summed E-state index contributed by atoms with van der Waals surface area (Å²) in [5.74, 6) is 0.0814. The molecule has 6 heteroatoms. The van der Waals surface area contributed by atoms with Gasteiger partial charge in [-0.3, -0.25) is 0 Å². The maximum absolute atomic E-state index is 12.5. The Bertz CT molecular complexity index is 828. The topological polar surface area (TPSA) is 72.2 Å². The van der Waals surface area contributed by atoms with Crippen LogP contribution in [0.4, 0.5) is 5.88 Å². The predicted octanol–water partition coefficient (Wildman–Crippen LogP) is 3.14. The van der Waals surface area contributed by atoms with E-state index in [9.17, 15) is 8.42 Å². The summed E-state index contributed by atoms with van der Waals surface area (Å²) in [6.07, 6.45) is 2.48. The van der Waals surface area contributed by atoms with Crippen molar-refractivity contribution in [3.05, 3.63) is 67.2 Å². The zero-order chi connectivity index (χ0) is 14.7. The number of benzene rings is 2. The van der Waals surface area contributed by atoms with E-state index in [0.717, 1.165) is 5.56 Å². The summed E-state index contributed by atoms with van der Waals surface area (Å²) in [5, 5.41) is 0. The first-order chi connectivity index (χ1) is 10.2. The van der Waals surface area contributed by atoms with Crippen molar-refractivity contribution in [1.29, 1.82) is 0 Å². The monoisotopic (exact) mass is 300 g/mol. The van der Waals surface area contributed by atoms with Crippen LogP contribution in [0.15, 0.2) is 76.5 Å². The first-order valence-electron chi connectivity index (χ1n) is 6.22. The second-order valence-electron chi connectivity index (χ2n) is 4.33. The largest absolute Gasteiger partial charge is 0.427 e. The molecule has 0 fully saturated rings. The number of oxazole rings is 1. The zero-order valence-electron chi connectivity index (χ0n) is 10.9. The van der Waals surface area contributed by atoms with Crippen molar-refractivity contribution in [2.75, 3.05) is 4.72 Å². The highest BCUT2D eigenvalue weighted by atomic mass is 32.2. The fourth-order valence-electron chi connectivity index (χ4n) is 2.01. The Hall–Kier alpha value is -2.60. The van der Waals surface area contributed by atoms with Gasteiger partial charge in [0, 0.05) is 5.56 Å². The normalized spacial score (nSPS) is 11.2. The fourth-order valence-corrected chi connectivity index (χ4v) is 3.22. The summed E-state index contributed by atoms with van der Waals surface area (Å²) >= 11 is 0. The molecule has 3 rings (SSSR count). The van der Waals surface area contributed by atoms with Gasteiger partial charge in [-0.05, 0) is 11.6 Å². The standard InChI is InChI=1S/C15H12N2O3S/c18-21(19,17-15-10-16-11-20-15)14-9-5-4-8-13(14)12-6-2-1-3-7-12/h1-11,17H. The van der Waals surface area contributed by atoms with E-state index in [1.807, 2.05) is 30.3 Å². The molecule has 0 aliphatic heterocycles. The predicted molar refractivity (Wildman–Crippen MR) is 79.2 cm³/mol. The summed E-state index contributed by atoms with van der Waals surface area (Å²) in [4.78, 5) is 3.87. The third kappa shape index (κ3) is 2.80. The molecule has 5 nitrogen and oxygen atoms in total. The van der Waals surface area contributed by atoms with Gasteiger partial charge in [-0.2, -0.15) is 0 Å². The lowest BCUT2D eigenvalue weighted by Gasteiger charge is -2.10. The van der Waals surface area contributed by atoms with Crippen molar-refractivity contribution in [2.24, 2.45) is 0 Å². The summed E-state index contributed by atoms with van der Waals surface area (Å²) in [6.45, 7) is 0. The fraction of sp³-hybridized carbons (Fsp3) is 0. The molecule has 1 aromatic heterocycles. The van der Waals surface area contributed by atoms with Crippen molar-refractivity contribution in [3.63, 3.8) is 0 Å². The minimum Gasteiger partial charge on any atom is -0.427 e. The Morgan fingerprint density at radius 3 is 2.38 bits per heavy atom. The van der Waals surface area contributed by atoms with Gasteiger partial charge in [0.1, 0.15) is 0 Å². The average molecular weight is 300 g/mol. The van der Waals surface area contributed by atoms with Crippen LogP contribution in [-0.4, -0.2) is 13.4 Å². The van der Waals surface area contributed by atoms with Gasteiger partial charge in [-0.15, -0.1) is 0 Å². The number of hydrogen-bond donors (Lipinski definition) is 1. The first kappa shape index (κ1) is 13.4. The van der Waals surface area contributed by atoms with Crippen molar-refractivity contribution in [3.8, 4) is 11.1 Å². The molecule has 0 aliphatic carbocycles. The van der Waals surface area contributed by atoms with E-state index in [2.05, 4.69) is 9.71 Å². The Kier molecular flexibility index (Phi) is 3.45. The number of hydrogen-bond acceptors (Lipinski definition) is 4. The van der Waals surface area contributed by atoms with Crippen LogP contribution >= 0.6 is 0 Å². The van der Waals surface area contributed by atoms with E-state index in [0.29, 0.717) is 5.56 Å². The highest BCUT2D eigenvalue weighted by Crippen LogP contribution is 2.28. The first-order valence-corrected chi connectivity index (χ1v) is 7.71. The molecule has 1 N–H and O–H groups in total. The van der Waals surface area contributed by atoms with Gasteiger partial charge in [0.15, 0.2) is 6.39 Å². The van der Waals surface area contributed by atoms with Gasteiger partial charge < -0.3 is 4.42 Å². The van der Waals surface area contributed by atoms with E-state index in [1.165, 1.54) is 12.6 Å². The molecule has 0 bridgehead atoms. The summed E-state index contributed by atoms with van der Waals surface area (Å²) < 4.78 is 32.3. The second kappa shape index (κ2) is 5.41. The van der Waals surface area contributed by atoms with E-state index >= 15 is 0 Å². The van der Waals surface area contributed by atoms with Crippen molar-refractivity contribution in [1.82, 2.24) is 4.98 Å². The van der Waals surface area contributed by atoms with Crippen LogP contribution in [0, 0.1) is 0 Å². The number of nitrogens with one attached hydrogen (secondary N) is 1. The smallest absolute Gasteiger partial charge is 0.264 e. The van der Waals surface area contributed by atoms with Crippen molar-refractivity contribution < 1.29 is 12.8 Å². The number of aromatic nitrogens is 1. The van der Waals surface area contributed by atoms with Crippen LogP contribution in [0.5, 0.6) is 0 Å². The summed E-state index contributed by atoms with van der Waals surface area (Å²) in [6, 6.07) is 16.1. The maximum Gasteiger partial charge on any atom is 0.264 e. The lowest BCUT2D eigenvalue weighted by molar-refractivity contribution is 0.569. The van der Waals surface area contributed by atoms with Gasteiger partial charge in [0.05, 0.1) is 11.1 Å². The Labute approximate surface area is 122 Å². The number of sulfonamides is 1. The van der Waals surface area contributed by atoms with Gasteiger partial charge in [0.2, 0.25) is 5.88 Å². The van der Waals surface area contributed by atoms with Crippen LogP contribution in [0.2, 0.25) is 0 Å². The average Bonchev–Trinajstić information content (AvgIpc) is 3.00. The van der Waals surface area contributed by atoms with E-state index in [-0.39, 0.29) is 10.8 Å². The molecule has 0 aliphatic rings. The van der Waals surface area contributed by atoms with E-state index < -0.39 is 10.0 Å². The molecule has 1 heterocycles. The highest BCUT2D eigenvalue weighted by molar-refractivity contribution is 7.92. The summed E-state index contributed by atoms with van der Waals surface area (Å²) in [5.41, 5.74) is 1.46. The van der Waals surface area contributed by atoms with E-state index in [4.69, 9.17) is 4.42 Å². The molecule has 0 amide bonds. The molecule has 3 aromatic rings. The van der Waals surface area contributed by atoms with Crippen molar-refractivity contribution in [2.45, 2.75) is 4.90 Å². The van der Waals surface area contributed by atoms with Gasteiger partial charge >= 0.3 is 0 Å².